The van der Waals surface area contributed by atoms with E-state index >= 15 is 0 Å². The van der Waals surface area contributed by atoms with Gasteiger partial charge >= 0.3 is 5.97 Å². The van der Waals surface area contributed by atoms with Crippen LogP contribution in [0.15, 0.2) is 30.3 Å². The number of ether oxygens (including phenoxy) is 2. The Balaban J connectivity index is 2.04. The van der Waals surface area contributed by atoms with Gasteiger partial charge in [0.2, 0.25) is 5.78 Å². The molecule has 0 aliphatic heterocycles. The van der Waals surface area contributed by atoms with Crippen LogP contribution in [0.3, 0.4) is 0 Å². The summed E-state index contributed by atoms with van der Waals surface area (Å²) in [6.07, 6.45) is 0. The van der Waals surface area contributed by atoms with Crippen molar-refractivity contribution in [2.75, 3.05) is 13.7 Å². The zero-order chi connectivity index (χ0) is 15.4. The fourth-order valence-corrected chi connectivity index (χ4v) is 2.51. The molecule has 0 amide bonds. The smallest absolute Gasteiger partial charge is 0.342 e. The summed E-state index contributed by atoms with van der Waals surface area (Å²) in [6, 6.07) is 8.00. The second kappa shape index (κ2) is 6.41. The molecule has 5 nitrogen and oxygen atoms in total. The molecule has 0 bridgehead atoms. The standard InChI is InChI=1S/C15H14O5S/c1-9-6-7-13(21-9)11(16)8-20-15(18)10-4-3-5-12(19-2)14(10)17/h3-7,17H,8H2,1-2H3. The van der Waals surface area contributed by atoms with Crippen LogP contribution in [0.25, 0.3) is 0 Å². The molecular formula is C15H14O5S. The number of Topliss-reactive ketones (excluding diaryl/α,β-unsaturated/α-hetero) is 1. The molecule has 2 aromatic rings. The SMILES string of the molecule is COc1cccc(C(=O)OCC(=O)c2ccc(C)s2)c1O. The number of aromatic hydroxyl groups is 1. The van der Waals surface area contributed by atoms with E-state index in [2.05, 4.69) is 0 Å². The molecule has 6 heteroatoms. The fourth-order valence-electron chi connectivity index (χ4n) is 1.72. The molecule has 1 aromatic heterocycles. The molecule has 0 fully saturated rings. The number of ketones is 1. The Bertz CT molecular complexity index is 674. The number of hydrogen-bond acceptors (Lipinski definition) is 6. The van der Waals surface area contributed by atoms with Gasteiger partial charge in [-0.05, 0) is 31.2 Å². The maximum Gasteiger partial charge on any atom is 0.342 e. The molecule has 21 heavy (non-hydrogen) atoms. The van der Waals surface area contributed by atoms with Crippen molar-refractivity contribution in [2.24, 2.45) is 0 Å². The highest BCUT2D eigenvalue weighted by atomic mass is 32.1. The van der Waals surface area contributed by atoms with Gasteiger partial charge in [-0.25, -0.2) is 4.79 Å². The van der Waals surface area contributed by atoms with E-state index in [0.29, 0.717) is 4.88 Å². The van der Waals surface area contributed by atoms with Gasteiger partial charge in [-0.3, -0.25) is 4.79 Å². The van der Waals surface area contributed by atoms with Crippen molar-refractivity contribution in [3.05, 3.63) is 45.6 Å². The summed E-state index contributed by atoms with van der Waals surface area (Å²) in [4.78, 5) is 25.3. The lowest BCUT2D eigenvalue weighted by Gasteiger charge is -2.08. The number of methoxy groups -OCH3 is 1. The Morgan fingerprint density at radius 3 is 2.62 bits per heavy atom. The average molecular weight is 306 g/mol. The van der Waals surface area contributed by atoms with Gasteiger partial charge in [-0.2, -0.15) is 0 Å². The van der Waals surface area contributed by atoms with Crippen LogP contribution in [0.2, 0.25) is 0 Å². The number of esters is 1. The second-order valence-corrected chi connectivity index (χ2v) is 5.55. The Morgan fingerprint density at radius 1 is 1.24 bits per heavy atom. The van der Waals surface area contributed by atoms with E-state index in [1.165, 1.54) is 30.6 Å². The molecule has 2 rings (SSSR count). The summed E-state index contributed by atoms with van der Waals surface area (Å²) < 4.78 is 9.85. The predicted molar refractivity (Wildman–Crippen MR) is 78.3 cm³/mol. The Kier molecular flexibility index (Phi) is 4.59. The maximum atomic E-state index is 11.9. The highest BCUT2D eigenvalue weighted by Crippen LogP contribution is 2.29. The number of carbonyl (C=O) groups excluding carboxylic acids is 2. The van der Waals surface area contributed by atoms with E-state index in [1.807, 2.05) is 13.0 Å². The van der Waals surface area contributed by atoms with E-state index < -0.39 is 5.97 Å². The van der Waals surface area contributed by atoms with Crippen LogP contribution in [0.5, 0.6) is 11.5 Å². The third kappa shape index (κ3) is 3.41. The minimum absolute atomic E-state index is 0.0375. The summed E-state index contributed by atoms with van der Waals surface area (Å²) in [7, 11) is 1.38. The molecule has 0 atom stereocenters. The predicted octanol–water partition coefficient (Wildman–Crippen LogP) is 2.81. The summed E-state index contributed by atoms with van der Waals surface area (Å²) >= 11 is 1.34. The minimum atomic E-state index is -0.770. The van der Waals surface area contributed by atoms with E-state index in [9.17, 15) is 14.7 Å². The van der Waals surface area contributed by atoms with Crippen molar-refractivity contribution in [1.82, 2.24) is 0 Å². The third-order valence-corrected chi connectivity index (χ3v) is 3.83. The first-order valence-electron chi connectivity index (χ1n) is 6.15. The summed E-state index contributed by atoms with van der Waals surface area (Å²) in [5, 5.41) is 9.84. The van der Waals surface area contributed by atoms with Gasteiger partial charge in [0, 0.05) is 4.88 Å². The van der Waals surface area contributed by atoms with Crippen LogP contribution in [0, 0.1) is 6.92 Å². The van der Waals surface area contributed by atoms with Crippen molar-refractivity contribution < 1.29 is 24.2 Å². The van der Waals surface area contributed by atoms with Crippen LogP contribution in [-0.2, 0) is 4.74 Å². The summed E-state index contributed by atoms with van der Waals surface area (Å²) in [6.45, 7) is 1.52. The molecule has 0 unspecified atom stereocenters. The number of aryl methyl sites for hydroxylation is 1. The molecule has 1 aromatic carbocycles. The normalized spacial score (nSPS) is 10.2. The first kappa shape index (κ1) is 15.1. The topological polar surface area (TPSA) is 72.8 Å². The van der Waals surface area contributed by atoms with E-state index in [0.717, 1.165) is 4.88 Å². The Morgan fingerprint density at radius 2 is 2.00 bits per heavy atom. The lowest BCUT2D eigenvalue weighted by atomic mass is 10.2. The fraction of sp³-hybridized carbons (Fsp3) is 0.200. The first-order chi connectivity index (χ1) is 10.0. The lowest BCUT2D eigenvalue weighted by Crippen LogP contribution is -2.13. The molecule has 1 heterocycles. The first-order valence-corrected chi connectivity index (χ1v) is 6.97. The number of carbonyl (C=O) groups is 2. The van der Waals surface area contributed by atoms with Crippen LogP contribution >= 0.6 is 11.3 Å². The number of rotatable bonds is 5. The number of phenols is 1. The highest BCUT2D eigenvalue weighted by Gasteiger charge is 2.18. The largest absolute Gasteiger partial charge is 0.504 e. The number of benzene rings is 1. The lowest BCUT2D eigenvalue weighted by molar-refractivity contribution is 0.0472. The Hall–Kier alpha value is -2.34. The quantitative estimate of drug-likeness (QED) is 0.679. The third-order valence-electron chi connectivity index (χ3n) is 2.79. The second-order valence-electron chi connectivity index (χ2n) is 4.27. The monoisotopic (exact) mass is 306 g/mol. The van der Waals surface area contributed by atoms with Crippen molar-refractivity contribution in [1.29, 1.82) is 0 Å². The van der Waals surface area contributed by atoms with Crippen LogP contribution in [-0.4, -0.2) is 30.6 Å². The van der Waals surface area contributed by atoms with Gasteiger partial charge < -0.3 is 14.6 Å². The number of hydrogen-bond donors (Lipinski definition) is 1. The van der Waals surface area contributed by atoms with Gasteiger partial charge in [0.05, 0.1) is 12.0 Å². The van der Waals surface area contributed by atoms with Gasteiger partial charge in [0.25, 0.3) is 0 Å². The van der Waals surface area contributed by atoms with Gasteiger partial charge in [-0.1, -0.05) is 6.07 Å². The van der Waals surface area contributed by atoms with E-state index in [1.54, 1.807) is 12.1 Å². The van der Waals surface area contributed by atoms with Gasteiger partial charge in [0.1, 0.15) is 5.56 Å². The van der Waals surface area contributed by atoms with E-state index in [4.69, 9.17) is 9.47 Å². The maximum absolute atomic E-state index is 11.9. The summed E-state index contributed by atoms with van der Waals surface area (Å²) in [5.41, 5.74) is -0.0375. The Labute approximate surface area is 125 Å². The van der Waals surface area contributed by atoms with Gasteiger partial charge in [0.15, 0.2) is 18.1 Å². The zero-order valence-corrected chi connectivity index (χ0v) is 12.4. The molecule has 110 valence electrons. The van der Waals surface area contributed by atoms with Crippen LogP contribution in [0.1, 0.15) is 24.9 Å². The zero-order valence-electron chi connectivity index (χ0n) is 11.6. The number of thiophene rings is 1. The molecule has 0 aliphatic carbocycles. The van der Waals surface area contributed by atoms with Gasteiger partial charge in [-0.15, -0.1) is 11.3 Å². The van der Waals surface area contributed by atoms with Crippen LogP contribution < -0.4 is 4.74 Å². The highest BCUT2D eigenvalue weighted by molar-refractivity contribution is 7.14. The molecule has 1 N–H and O–H groups in total. The van der Waals surface area contributed by atoms with Crippen LogP contribution in [0.4, 0.5) is 0 Å². The number of phenolic OH excluding ortho intramolecular Hbond substituents is 1. The summed E-state index contributed by atoms with van der Waals surface area (Å²) in [5.74, 6) is -1.18. The van der Waals surface area contributed by atoms with Crippen molar-refractivity contribution in [2.45, 2.75) is 6.92 Å². The molecule has 0 radical (unpaired) electrons. The number of para-hydroxylation sites is 1. The van der Waals surface area contributed by atoms with Crippen molar-refractivity contribution >= 4 is 23.1 Å². The van der Waals surface area contributed by atoms with E-state index in [-0.39, 0.29) is 29.5 Å². The average Bonchev–Trinajstić information content (AvgIpc) is 2.91. The minimum Gasteiger partial charge on any atom is -0.504 e. The van der Waals surface area contributed by atoms with Crippen molar-refractivity contribution in [3.8, 4) is 11.5 Å². The molecular weight excluding hydrogens is 292 g/mol. The molecule has 0 aliphatic rings. The van der Waals surface area contributed by atoms with Crippen molar-refractivity contribution in [3.63, 3.8) is 0 Å². The molecule has 0 saturated heterocycles. The molecule has 0 spiro atoms. The molecule has 0 saturated carbocycles.